The highest BCUT2D eigenvalue weighted by Crippen LogP contribution is 2.28. The van der Waals surface area contributed by atoms with Gasteiger partial charge in [0.25, 0.3) is 0 Å². The molecule has 0 saturated heterocycles. The fourth-order valence-corrected chi connectivity index (χ4v) is 2.94. The Labute approximate surface area is 160 Å². The van der Waals surface area contributed by atoms with E-state index < -0.39 is 5.97 Å². The standard InChI is InChI=1S/C22H15N3O3/c1-27-22(26)17-7-3-2-6-16(17)20-11-10-15(28-20)12-14(13-23)21-24-18-8-4-5-9-19(18)25-21/h2-12H,1H3,(H,24,25)/b14-12+. The van der Waals surface area contributed by atoms with Crippen LogP contribution in [0.4, 0.5) is 0 Å². The van der Waals surface area contributed by atoms with E-state index in [1.54, 1.807) is 36.4 Å². The summed E-state index contributed by atoms with van der Waals surface area (Å²) in [4.78, 5) is 19.6. The summed E-state index contributed by atoms with van der Waals surface area (Å²) in [6.45, 7) is 0. The van der Waals surface area contributed by atoms with Crippen molar-refractivity contribution in [3.05, 3.63) is 77.8 Å². The Bertz CT molecular complexity index is 1210. The molecule has 0 bridgehead atoms. The number of aromatic nitrogens is 2. The van der Waals surface area contributed by atoms with Crippen molar-refractivity contribution in [1.82, 2.24) is 9.97 Å². The molecule has 0 fully saturated rings. The Morgan fingerprint density at radius 2 is 1.93 bits per heavy atom. The van der Waals surface area contributed by atoms with Crippen LogP contribution in [-0.4, -0.2) is 23.0 Å². The predicted molar refractivity (Wildman–Crippen MR) is 105 cm³/mol. The van der Waals surface area contributed by atoms with Crippen LogP contribution in [-0.2, 0) is 4.74 Å². The third-order valence-electron chi connectivity index (χ3n) is 4.28. The van der Waals surface area contributed by atoms with Gasteiger partial charge < -0.3 is 14.1 Å². The molecule has 4 rings (SSSR count). The van der Waals surface area contributed by atoms with E-state index in [1.165, 1.54) is 7.11 Å². The van der Waals surface area contributed by atoms with Gasteiger partial charge in [-0.2, -0.15) is 5.26 Å². The highest BCUT2D eigenvalue weighted by Gasteiger charge is 2.15. The van der Waals surface area contributed by atoms with Gasteiger partial charge in [-0.25, -0.2) is 9.78 Å². The first-order valence-electron chi connectivity index (χ1n) is 8.54. The summed E-state index contributed by atoms with van der Waals surface area (Å²) in [6.07, 6.45) is 1.61. The second-order valence-corrected chi connectivity index (χ2v) is 6.01. The van der Waals surface area contributed by atoms with Crippen LogP contribution in [0.15, 0.2) is 65.1 Å². The van der Waals surface area contributed by atoms with Crippen molar-refractivity contribution in [2.45, 2.75) is 0 Å². The highest BCUT2D eigenvalue weighted by molar-refractivity contribution is 5.96. The second-order valence-electron chi connectivity index (χ2n) is 6.01. The summed E-state index contributed by atoms with van der Waals surface area (Å²) in [6, 6.07) is 20.2. The molecule has 2 aromatic heterocycles. The largest absolute Gasteiger partial charge is 0.465 e. The van der Waals surface area contributed by atoms with E-state index in [0.717, 1.165) is 11.0 Å². The van der Waals surface area contributed by atoms with Gasteiger partial charge in [-0.05, 0) is 30.3 Å². The van der Waals surface area contributed by atoms with Crippen LogP contribution < -0.4 is 0 Å². The molecule has 6 nitrogen and oxygen atoms in total. The number of aromatic amines is 1. The van der Waals surface area contributed by atoms with E-state index in [1.807, 2.05) is 30.3 Å². The first kappa shape index (κ1) is 17.3. The number of imidazole rings is 1. The monoisotopic (exact) mass is 369 g/mol. The van der Waals surface area contributed by atoms with E-state index >= 15 is 0 Å². The van der Waals surface area contributed by atoms with E-state index in [0.29, 0.717) is 34.0 Å². The molecular weight excluding hydrogens is 354 g/mol. The number of carbonyl (C=O) groups is 1. The molecule has 0 unspecified atom stereocenters. The third-order valence-corrected chi connectivity index (χ3v) is 4.28. The fourth-order valence-electron chi connectivity index (χ4n) is 2.94. The van der Waals surface area contributed by atoms with Gasteiger partial charge in [-0.1, -0.05) is 30.3 Å². The summed E-state index contributed by atoms with van der Waals surface area (Å²) < 4.78 is 10.7. The number of hydrogen-bond acceptors (Lipinski definition) is 5. The predicted octanol–water partition coefficient (Wildman–Crippen LogP) is 4.67. The quantitative estimate of drug-likeness (QED) is 0.417. The maximum absolute atomic E-state index is 12.0. The molecule has 0 spiro atoms. The Kier molecular flexibility index (Phi) is 4.48. The fraction of sp³-hybridized carbons (Fsp3) is 0.0455. The van der Waals surface area contributed by atoms with Crippen LogP contribution in [0.25, 0.3) is 34.0 Å². The lowest BCUT2D eigenvalue weighted by Crippen LogP contribution is -2.02. The summed E-state index contributed by atoms with van der Waals surface area (Å²) in [5.74, 6) is 1.02. The smallest absolute Gasteiger partial charge is 0.338 e. The number of ether oxygens (including phenoxy) is 1. The number of H-pyrrole nitrogens is 1. The molecule has 28 heavy (non-hydrogen) atoms. The van der Waals surface area contributed by atoms with Gasteiger partial charge in [0.15, 0.2) is 0 Å². The maximum atomic E-state index is 12.0. The van der Waals surface area contributed by atoms with Gasteiger partial charge in [-0.15, -0.1) is 0 Å². The number of esters is 1. The second kappa shape index (κ2) is 7.25. The average Bonchev–Trinajstić information content (AvgIpc) is 3.38. The zero-order valence-corrected chi connectivity index (χ0v) is 15.0. The zero-order valence-electron chi connectivity index (χ0n) is 15.0. The third kappa shape index (κ3) is 3.17. The Balaban J connectivity index is 1.71. The number of nitriles is 1. The van der Waals surface area contributed by atoms with E-state index in [4.69, 9.17) is 9.15 Å². The number of hydrogen-bond donors (Lipinski definition) is 1. The number of fused-ring (bicyclic) bond motifs is 1. The maximum Gasteiger partial charge on any atom is 0.338 e. The molecular formula is C22H15N3O3. The molecule has 0 aliphatic rings. The van der Waals surface area contributed by atoms with E-state index in [-0.39, 0.29) is 0 Å². The summed E-state index contributed by atoms with van der Waals surface area (Å²) in [5, 5.41) is 9.56. The topological polar surface area (TPSA) is 91.9 Å². The van der Waals surface area contributed by atoms with Gasteiger partial charge in [0.05, 0.1) is 29.3 Å². The Morgan fingerprint density at radius 3 is 2.71 bits per heavy atom. The lowest BCUT2D eigenvalue weighted by Gasteiger charge is -2.04. The number of nitrogens with one attached hydrogen (secondary N) is 1. The molecule has 2 heterocycles. The van der Waals surface area contributed by atoms with Crippen molar-refractivity contribution in [2.24, 2.45) is 0 Å². The highest BCUT2D eigenvalue weighted by atomic mass is 16.5. The zero-order chi connectivity index (χ0) is 19.5. The number of carbonyl (C=O) groups excluding carboxylic acids is 1. The van der Waals surface area contributed by atoms with E-state index in [2.05, 4.69) is 16.0 Å². The average molecular weight is 369 g/mol. The molecule has 0 atom stereocenters. The lowest BCUT2D eigenvalue weighted by molar-refractivity contribution is 0.0601. The van der Waals surface area contributed by atoms with Crippen LogP contribution in [0.2, 0.25) is 0 Å². The molecule has 0 aliphatic heterocycles. The van der Waals surface area contributed by atoms with Crippen LogP contribution in [0.5, 0.6) is 0 Å². The minimum Gasteiger partial charge on any atom is -0.465 e. The van der Waals surface area contributed by atoms with Crippen molar-refractivity contribution >= 4 is 28.7 Å². The summed E-state index contributed by atoms with van der Waals surface area (Å²) in [5.41, 5.74) is 3.01. The van der Waals surface area contributed by atoms with Crippen molar-refractivity contribution in [2.75, 3.05) is 7.11 Å². The SMILES string of the molecule is COC(=O)c1ccccc1-c1ccc(/C=C(\C#N)c2nc3ccccc3[nH]2)o1. The van der Waals surface area contributed by atoms with Crippen molar-refractivity contribution in [3.63, 3.8) is 0 Å². The van der Waals surface area contributed by atoms with Crippen molar-refractivity contribution in [3.8, 4) is 17.4 Å². The van der Waals surface area contributed by atoms with Crippen LogP contribution in [0, 0.1) is 11.3 Å². The number of nitrogens with zero attached hydrogens (tertiary/aromatic N) is 2. The molecule has 0 radical (unpaired) electrons. The summed E-state index contributed by atoms with van der Waals surface area (Å²) in [7, 11) is 1.34. The number of para-hydroxylation sites is 2. The van der Waals surface area contributed by atoms with Crippen LogP contribution in [0.1, 0.15) is 21.9 Å². The van der Waals surface area contributed by atoms with Gasteiger partial charge in [0.1, 0.15) is 23.4 Å². The molecule has 1 N–H and O–H groups in total. The Hall–Kier alpha value is -4.11. The van der Waals surface area contributed by atoms with Crippen LogP contribution in [0.3, 0.4) is 0 Å². The first-order valence-corrected chi connectivity index (χ1v) is 8.54. The molecule has 136 valence electrons. The number of furan rings is 1. The number of rotatable bonds is 4. The van der Waals surface area contributed by atoms with Gasteiger partial charge in [-0.3, -0.25) is 0 Å². The molecule has 2 aromatic carbocycles. The lowest BCUT2D eigenvalue weighted by atomic mass is 10.1. The Morgan fingerprint density at radius 1 is 1.14 bits per heavy atom. The first-order chi connectivity index (χ1) is 13.7. The minimum atomic E-state index is -0.441. The van der Waals surface area contributed by atoms with Gasteiger partial charge >= 0.3 is 5.97 Å². The van der Waals surface area contributed by atoms with Crippen LogP contribution >= 0.6 is 0 Å². The summed E-state index contributed by atoms with van der Waals surface area (Å²) >= 11 is 0. The molecule has 0 saturated carbocycles. The molecule has 6 heteroatoms. The minimum absolute atomic E-state index is 0.346. The van der Waals surface area contributed by atoms with Gasteiger partial charge in [0, 0.05) is 11.6 Å². The number of benzene rings is 2. The molecule has 0 aliphatic carbocycles. The van der Waals surface area contributed by atoms with Crippen molar-refractivity contribution in [1.29, 1.82) is 5.26 Å². The number of allylic oxidation sites excluding steroid dienone is 1. The number of methoxy groups -OCH3 is 1. The normalized spacial score (nSPS) is 11.4. The molecule has 0 amide bonds. The van der Waals surface area contributed by atoms with E-state index in [9.17, 15) is 10.1 Å². The molecule has 4 aromatic rings. The van der Waals surface area contributed by atoms with Gasteiger partial charge in [0.2, 0.25) is 0 Å². The van der Waals surface area contributed by atoms with Crippen molar-refractivity contribution < 1.29 is 13.9 Å².